The predicted molar refractivity (Wildman–Crippen MR) is 90.4 cm³/mol. The van der Waals surface area contributed by atoms with Gasteiger partial charge in [-0.3, -0.25) is 9.59 Å². The number of ketones is 1. The number of benzene rings is 2. The minimum atomic E-state index is -0.911. The average Bonchev–Trinajstić information content (AvgIpc) is 2.51. The Labute approximate surface area is 137 Å². The molecule has 2 rings (SSSR count). The molecule has 0 amide bonds. The molecule has 0 bridgehead atoms. The summed E-state index contributed by atoms with van der Waals surface area (Å²) in [5.41, 5.74) is 3.32. The molecule has 0 aromatic heterocycles. The number of ether oxygens (including phenoxy) is 1. The number of aryl methyl sites for hydroxylation is 2. The topological polar surface area (TPSA) is 43.4 Å². The summed E-state index contributed by atoms with van der Waals surface area (Å²) >= 11 is 0. The molecule has 0 aliphatic heterocycles. The van der Waals surface area contributed by atoms with E-state index in [0.29, 0.717) is 11.1 Å². The smallest absolute Gasteiger partial charge is 0.309 e. The Kier molecular flexibility index (Phi) is 5.32. The van der Waals surface area contributed by atoms with Crippen molar-refractivity contribution in [3.8, 4) is 0 Å². The van der Waals surface area contributed by atoms with Gasteiger partial charge in [0, 0.05) is 11.1 Å². The monoisotopic (exact) mass is 310 g/mol. The van der Waals surface area contributed by atoms with Crippen molar-refractivity contribution in [1.82, 2.24) is 0 Å². The highest BCUT2D eigenvalue weighted by atomic mass is 16.5. The first-order valence-corrected chi connectivity index (χ1v) is 7.76. The van der Waals surface area contributed by atoms with Crippen molar-refractivity contribution < 1.29 is 14.3 Å². The Morgan fingerprint density at radius 1 is 0.913 bits per heavy atom. The van der Waals surface area contributed by atoms with Gasteiger partial charge < -0.3 is 4.74 Å². The van der Waals surface area contributed by atoms with Crippen molar-refractivity contribution in [3.63, 3.8) is 0 Å². The molecule has 120 valence electrons. The van der Waals surface area contributed by atoms with Gasteiger partial charge in [-0.1, -0.05) is 73.5 Å². The van der Waals surface area contributed by atoms with Crippen LogP contribution in [0.2, 0.25) is 0 Å². The molecule has 0 saturated heterocycles. The lowest BCUT2D eigenvalue weighted by Gasteiger charge is -2.19. The molecule has 2 aromatic carbocycles. The van der Waals surface area contributed by atoms with Crippen molar-refractivity contribution in [3.05, 3.63) is 70.8 Å². The second-order valence-corrected chi connectivity index (χ2v) is 6.12. The quantitative estimate of drug-likeness (QED) is 0.606. The van der Waals surface area contributed by atoms with Crippen LogP contribution >= 0.6 is 0 Å². The van der Waals surface area contributed by atoms with E-state index in [0.717, 1.165) is 11.1 Å². The van der Waals surface area contributed by atoms with Crippen LogP contribution in [0.1, 0.15) is 47.0 Å². The van der Waals surface area contributed by atoms with Crippen LogP contribution in [0.5, 0.6) is 0 Å². The van der Waals surface area contributed by atoms with Gasteiger partial charge in [0.1, 0.15) is 0 Å². The van der Waals surface area contributed by atoms with E-state index in [4.69, 9.17) is 4.74 Å². The van der Waals surface area contributed by atoms with E-state index in [1.165, 1.54) is 0 Å². The molecule has 3 heteroatoms. The molecule has 0 aliphatic carbocycles. The van der Waals surface area contributed by atoms with Crippen molar-refractivity contribution in [2.45, 2.75) is 33.8 Å². The lowest BCUT2D eigenvalue weighted by molar-refractivity contribution is -0.151. The van der Waals surface area contributed by atoms with Crippen LogP contribution < -0.4 is 0 Å². The zero-order valence-electron chi connectivity index (χ0n) is 14.0. The maximum absolute atomic E-state index is 12.8. The number of Topliss-reactive ketones (excluding diaryl/α,β-unsaturated/α-hetero) is 1. The van der Waals surface area contributed by atoms with E-state index in [2.05, 4.69) is 0 Å². The van der Waals surface area contributed by atoms with E-state index >= 15 is 0 Å². The van der Waals surface area contributed by atoms with E-state index in [1.807, 2.05) is 38.1 Å². The highest BCUT2D eigenvalue weighted by Crippen LogP contribution is 2.26. The Morgan fingerprint density at radius 3 is 2.00 bits per heavy atom. The summed E-state index contributed by atoms with van der Waals surface area (Å²) < 4.78 is 5.54. The molecule has 2 aromatic rings. The summed E-state index contributed by atoms with van der Waals surface area (Å²) in [5.74, 6) is -0.866. The fraction of sp³-hybridized carbons (Fsp3) is 0.300. The molecule has 0 heterocycles. The number of hydrogen-bond donors (Lipinski definition) is 0. The van der Waals surface area contributed by atoms with E-state index in [1.54, 1.807) is 38.1 Å². The predicted octanol–water partition coefficient (Wildman–Crippen LogP) is 4.43. The summed E-state index contributed by atoms with van der Waals surface area (Å²) in [6, 6.07) is 14.7. The lowest BCUT2D eigenvalue weighted by Crippen LogP contribution is -2.23. The standard InChI is InChI=1S/C20H22O3/c1-13(2)20(22)23-19(17-11-14(3)10-15(4)12-17)18(21)16-8-6-5-7-9-16/h5-13,19H,1-4H3. The Balaban J connectivity index is 2.43. The van der Waals surface area contributed by atoms with Gasteiger partial charge >= 0.3 is 5.97 Å². The second kappa shape index (κ2) is 7.23. The molecular weight excluding hydrogens is 288 g/mol. The van der Waals surface area contributed by atoms with Gasteiger partial charge in [0.2, 0.25) is 5.78 Å². The molecule has 1 unspecified atom stereocenters. The summed E-state index contributed by atoms with van der Waals surface area (Å²) in [6.07, 6.45) is -0.911. The van der Waals surface area contributed by atoms with Gasteiger partial charge in [0.25, 0.3) is 0 Å². The van der Waals surface area contributed by atoms with Crippen LogP contribution in [0.25, 0.3) is 0 Å². The van der Waals surface area contributed by atoms with Gasteiger partial charge in [0.15, 0.2) is 6.10 Å². The summed E-state index contributed by atoms with van der Waals surface area (Å²) in [4.78, 5) is 24.9. The van der Waals surface area contributed by atoms with Crippen LogP contribution in [0.3, 0.4) is 0 Å². The second-order valence-electron chi connectivity index (χ2n) is 6.12. The maximum atomic E-state index is 12.8. The molecule has 0 fully saturated rings. The highest BCUT2D eigenvalue weighted by molar-refractivity contribution is 6.01. The molecule has 0 aliphatic rings. The van der Waals surface area contributed by atoms with Crippen molar-refractivity contribution in [2.24, 2.45) is 5.92 Å². The number of rotatable bonds is 5. The van der Waals surface area contributed by atoms with Crippen LogP contribution in [0.4, 0.5) is 0 Å². The fourth-order valence-electron chi connectivity index (χ4n) is 2.44. The van der Waals surface area contributed by atoms with Crippen molar-refractivity contribution in [2.75, 3.05) is 0 Å². The first kappa shape index (κ1) is 16.9. The molecule has 0 radical (unpaired) electrons. The molecule has 0 N–H and O–H groups in total. The van der Waals surface area contributed by atoms with Gasteiger partial charge in [-0.25, -0.2) is 0 Å². The first-order chi connectivity index (χ1) is 10.9. The number of carbonyl (C=O) groups excluding carboxylic acids is 2. The minimum absolute atomic E-state index is 0.204. The number of carbonyl (C=O) groups is 2. The van der Waals surface area contributed by atoms with E-state index in [9.17, 15) is 9.59 Å². The minimum Gasteiger partial charge on any atom is -0.449 e. The van der Waals surface area contributed by atoms with Crippen LogP contribution in [-0.4, -0.2) is 11.8 Å². The Hall–Kier alpha value is -2.42. The normalized spacial score (nSPS) is 12.0. The molecule has 1 atom stereocenters. The van der Waals surface area contributed by atoms with Crippen LogP contribution in [0, 0.1) is 19.8 Å². The van der Waals surface area contributed by atoms with Gasteiger partial charge in [0.05, 0.1) is 5.92 Å². The maximum Gasteiger partial charge on any atom is 0.309 e. The molecule has 23 heavy (non-hydrogen) atoms. The highest BCUT2D eigenvalue weighted by Gasteiger charge is 2.27. The summed E-state index contributed by atoms with van der Waals surface area (Å²) in [7, 11) is 0. The molecule has 0 saturated carbocycles. The van der Waals surface area contributed by atoms with Gasteiger partial charge in [-0.15, -0.1) is 0 Å². The third-order valence-electron chi connectivity index (χ3n) is 3.55. The summed E-state index contributed by atoms with van der Waals surface area (Å²) in [6.45, 7) is 7.44. The average molecular weight is 310 g/mol. The zero-order valence-corrected chi connectivity index (χ0v) is 14.0. The number of esters is 1. The van der Waals surface area contributed by atoms with E-state index < -0.39 is 6.10 Å². The molecule has 0 spiro atoms. The Morgan fingerprint density at radius 2 is 1.48 bits per heavy atom. The van der Waals surface area contributed by atoms with Crippen LogP contribution in [-0.2, 0) is 9.53 Å². The SMILES string of the molecule is Cc1cc(C)cc(C(OC(=O)C(C)C)C(=O)c2ccccc2)c1. The Bertz CT molecular complexity index is 682. The first-order valence-electron chi connectivity index (χ1n) is 7.76. The van der Waals surface area contributed by atoms with Gasteiger partial charge in [-0.2, -0.15) is 0 Å². The lowest BCUT2D eigenvalue weighted by atomic mass is 9.96. The van der Waals surface area contributed by atoms with Crippen molar-refractivity contribution in [1.29, 1.82) is 0 Å². The fourth-order valence-corrected chi connectivity index (χ4v) is 2.44. The van der Waals surface area contributed by atoms with Crippen molar-refractivity contribution >= 4 is 11.8 Å². The third kappa shape index (κ3) is 4.28. The van der Waals surface area contributed by atoms with Crippen LogP contribution in [0.15, 0.2) is 48.5 Å². The largest absolute Gasteiger partial charge is 0.449 e. The van der Waals surface area contributed by atoms with E-state index in [-0.39, 0.29) is 17.7 Å². The zero-order chi connectivity index (χ0) is 17.0. The molecular formula is C20H22O3. The molecule has 3 nitrogen and oxygen atoms in total. The number of hydrogen-bond acceptors (Lipinski definition) is 3. The third-order valence-corrected chi connectivity index (χ3v) is 3.55. The summed E-state index contributed by atoms with van der Waals surface area (Å²) in [5, 5.41) is 0. The van der Waals surface area contributed by atoms with Gasteiger partial charge in [-0.05, 0) is 13.8 Å².